The third-order valence-corrected chi connectivity index (χ3v) is 4.25. The van der Waals surface area contributed by atoms with Crippen molar-refractivity contribution in [1.82, 2.24) is 9.78 Å². The van der Waals surface area contributed by atoms with Gasteiger partial charge in [0.2, 0.25) is 0 Å². The summed E-state index contributed by atoms with van der Waals surface area (Å²) in [5.74, 6) is -1.53. The average molecular weight is 396 g/mol. The summed E-state index contributed by atoms with van der Waals surface area (Å²) in [4.78, 5) is 0. The number of aromatic nitrogens is 2. The van der Waals surface area contributed by atoms with Crippen molar-refractivity contribution < 1.29 is 27.1 Å². The zero-order chi connectivity index (χ0) is 20.3. The summed E-state index contributed by atoms with van der Waals surface area (Å²) in [5, 5.41) is 13.6. The van der Waals surface area contributed by atoms with E-state index in [0.29, 0.717) is 23.9 Å². The number of hydrogen-bond donors (Lipinski definition) is 1. The Morgan fingerprint density at radius 1 is 1.07 bits per heavy atom. The molecule has 1 heterocycles. The predicted octanol–water partition coefficient (Wildman–Crippen LogP) is 5.17. The second-order valence-corrected chi connectivity index (χ2v) is 6.28. The van der Waals surface area contributed by atoms with Gasteiger partial charge in [0.15, 0.2) is 0 Å². The van der Waals surface area contributed by atoms with Gasteiger partial charge in [-0.15, -0.1) is 0 Å². The topological polar surface area (TPSA) is 38.1 Å². The molecule has 0 radical (unpaired) electrons. The molecule has 0 amide bonds. The van der Waals surface area contributed by atoms with Crippen LogP contribution in [0.5, 0.6) is 0 Å². The van der Waals surface area contributed by atoms with Gasteiger partial charge in [0.1, 0.15) is 11.6 Å². The molecule has 0 aliphatic heterocycles. The van der Waals surface area contributed by atoms with Gasteiger partial charge >= 0.3 is 6.18 Å². The van der Waals surface area contributed by atoms with Crippen molar-refractivity contribution in [2.75, 3.05) is 6.61 Å². The summed E-state index contributed by atoms with van der Waals surface area (Å²) in [7, 11) is 0. The summed E-state index contributed by atoms with van der Waals surface area (Å²) in [6, 6.07) is 6.31. The highest BCUT2D eigenvalue weighted by Crippen LogP contribution is 2.33. The molecular weight excluding hydrogens is 379 g/mol. The lowest BCUT2D eigenvalue weighted by molar-refractivity contribution is -0.137. The first kappa shape index (κ1) is 20.0. The molecule has 2 aromatic carbocycles. The van der Waals surface area contributed by atoms with Crippen LogP contribution in [0, 0.1) is 11.6 Å². The predicted molar refractivity (Wildman–Crippen MR) is 95.5 cm³/mol. The Morgan fingerprint density at radius 3 is 2.54 bits per heavy atom. The van der Waals surface area contributed by atoms with Crippen molar-refractivity contribution in [3.63, 3.8) is 0 Å². The molecule has 0 saturated carbocycles. The van der Waals surface area contributed by atoms with E-state index in [1.54, 1.807) is 12.2 Å². The fourth-order valence-electron chi connectivity index (χ4n) is 2.83. The van der Waals surface area contributed by atoms with E-state index in [2.05, 4.69) is 5.10 Å². The molecule has 3 rings (SSSR count). The molecule has 0 unspecified atom stereocenters. The molecule has 0 fully saturated rings. The Balaban J connectivity index is 2.06. The lowest BCUT2D eigenvalue weighted by Gasteiger charge is -2.08. The van der Waals surface area contributed by atoms with Crippen molar-refractivity contribution in [2.24, 2.45) is 0 Å². The maximum absolute atomic E-state index is 14.0. The zero-order valence-corrected chi connectivity index (χ0v) is 14.7. The van der Waals surface area contributed by atoms with Crippen LogP contribution in [0.3, 0.4) is 0 Å². The molecule has 3 nitrogen and oxygen atoms in total. The van der Waals surface area contributed by atoms with Gasteiger partial charge in [0, 0.05) is 23.6 Å². The van der Waals surface area contributed by atoms with E-state index in [4.69, 9.17) is 5.11 Å². The molecule has 8 heteroatoms. The molecule has 28 heavy (non-hydrogen) atoms. The summed E-state index contributed by atoms with van der Waals surface area (Å²) >= 11 is 0. The number of aliphatic hydroxyl groups excluding tert-OH is 1. The highest BCUT2D eigenvalue weighted by Gasteiger charge is 2.31. The van der Waals surface area contributed by atoms with E-state index in [1.807, 2.05) is 0 Å². The van der Waals surface area contributed by atoms with Crippen molar-refractivity contribution in [1.29, 1.82) is 0 Å². The molecule has 0 spiro atoms. The third-order valence-electron chi connectivity index (χ3n) is 4.25. The van der Waals surface area contributed by atoms with E-state index in [9.17, 15) is 22.0 Å². The van der Waals surface area contributed by atoms with Gasteiger partial charge in [0.05, 0.1) is 23.3 Å². The number of benzene rings is 2. The number of fused-ring (bicyclic) bond motifs is 1. The first-order chi connectivity index (χ1) is 13.3. The second kappa shape index (κ2) is 8.10. The second-order valence-electron chi connectivity index (χ2n) is 6.28. The molecule has 0 aliphatic rings. The minimum absolute atomic E-state index is 0.0261. The summed E-state index contributed by atoms with van der Waals surface area (Å²) < 4.78 is 67.7. The molecule has 0 saturated heterocycles. The first-order valence-corrected chi connectivity index (χ1v) is 8.58. The molecule has 3 aromatic rings. The monoisotopic (exact) mass is 396 g/mol. The molecular formula is C20H17F5N2O. The molecule has 148 valence electrons. The molecule has 1 aromatic heterocycles. The lowest BCUT2D eigenvalue weighted by Crippen LogP contribution is -2.07. The summed E-state index contributed by atoms with van der Waals surface area (Å²) in [6.07, 6.45) is 0.0228. The standard InChI is InChI=1S/C20H17F5N2O/c21-15-7-5-13(17(22)11-15)12-27-19-10-14(20(23,24)25)6-8-16(19)18(26-27)4-2-1-3-9-28/h2,4-8,10-11,28H,1,3,9,12H2/b4-2+. The van der Waals surface area contributed by atoms with Gasteiger partial charge in [0.25, 0.3) is 0 Å². The number of alkyl halides is 3. The van der Waals surface area contributed by atoms with Gasteiger partial charge in [-0.1, -0.05) is 12.1 Å². The Kier molecular flexibility index (Phi) is 5.79. The van der Waals surface area contributed by atoms with Gasteiger partial charge in [-0.05, 0) is 43.2 Å². The maximum atomic E-state index is 14.0. The van der Waals surface area contributed by atoms with E-state index in [0.717, 1.165) is 24.3 Å². The van der Waals surface area contributed by atoms with Crippen LogP contribution in [0.1, 0.15) is 29.7 Å². The number of hydrogen-bond acceptors (Lipinski definition) is 2. The Hall–Kier alpha value is -2.74. The van der Waals surface area contributed by atoms with Crippen LogP contribution in [0.25, 0.3) is 17.0 Å². The van der Waals surface area contributed by atoms with Crippen LogP contribution in [-0.4, -0.2) is 21.5 Å². The number of aliphatic hydroxyl groups is 1. The van der Waals surface area contributed by atoms with Crippen LogP contribution >= 0.6 is 0 Å². The number of unbranched alkanes of at least 4 members (excludes halogenated alkanes) is 1. The fraction of sp³-hybridized carbons (Fsp3) is 0.250. The highest BCUT2D eigenvalue weighted by atomic mass is 19.4. The SMILES string of the molecule is OCCC/C=C/c1nn(Cc2ccc(F)cc2F)c2cc(C(F)(F)F)ccc12. The Bertz CT molecular complexity index is 1010. The van der Waals surface area contributed by atoms with Crippen molar-refractivity contribution in [2.45, 2.75) is 25.6 Å². The van der Waals surface area contributed by atoms with E-state index >= 15 is 0 Å². The van der Waals surface area contributed by atoms with Crippen LogP contribution in [0.15, 0.2) is 42.5 Å². The van der Waals surface area contributed by atoms with Gasteiger partial charge < -0.3 is 5.11 Å². The molecule has 0 atom stereocenters. The molecule has 0 bridgehead atoms. The normalized spacial score (nSPS) is 12.4. The zero-order valence-electron chi connectivity index (χ0n) is 14.7. The fourth-order valence-corrected chi connectivity index (χ4v) is 2.83. The highest BCUT2D eigenvalue weighted by molar-refractivity contribution is 5.88. The van der Waals surface area contributed by atoms with Crippen molar-refractivity contribution in [3.05, 3.63) is 70.9 Å². The molecule has 1 N–H and O–H groups in total. The van der Waals surface area contributed by atoms with E-state index in [-0.39, 0.29) is 24.2 Å². The first-order valence-electron chi connectivity index (χ1n) is 8.58. The minimum Gasteiger partial charge on any atom is -0.396 e. The molecule has 0 aliphatic carbocycles. The van der Waals surface area contributed by atoms with Crippen LogP contribution in [-0.2, 0) is 12.7 Å². The Morgan fingerprint density at radius 2 is 1.86 bits per heavy atom. The smallest absolute Gasteiger partial charge is 0.396 e. The van der Waals surface area contributed by atoms with E-state index in [1.165, 1.54) is 16.8 Å². The average Bonchev–Trinajstić information content (AvgIpc) is 2.97. The van der Waals surface area contributed by atoms with Crippen molar-refractivity contribution >= 4 is 17.0 Å². The lowest BCUT2D eigenvalue weighted by atomic mass is 10.1. The van der Waals surface area contributed by atoms with Gasteiger partial charge in [-0.3, -0.25) is 4.68 Å². The number of rotatable bonds is 6. The van der Waals surface area contributed by atoms with E-state index < -0.39 is 23.4 Å². The summed E-state index contributed by atoms with van der Waals surface area (Å²) in [5.41, 5.74) is -0.0971. The van der Waals surface area contributed by atoms with Crippen LogP contribution < -0.4 is 0 Å². The van der Waals surface area contributed by atoms with Crippen LogP contribution in [0.4, 0.5) is 22.0 Å². The maximum Gasteiger partial charge on any atom is 0.416 e. The quantitative estimate of drug-likeness (QED) is 0.461. The number of nitrogens with zero attached hydrogens (tertiary/aromatic N) is 2. The van der Waals surface area contributed by atoms with Gasteiger partial charge in [-0.2, -0.15) is 18.3 Å². The van der Waals surface area contributed by atoms with Crippen LogP contribution in [0.2, 0.25) is 0 Å². The minimum atomic E-state index is -4.53. The third kappa shape index (κ3) is 4.39. The summed E-state index contributed by atoms with van der Waals surface area (Å²) in [6.45, 7) is -0.118. The van der Waals surface area contributed by atoms with Gasteiger partial charge in [-0.25, -0.2) is 8.78 Å². The number of halogens is 5. The number of allylic oxidation sites excluding steroid dienone is 1. The largest absolute Gasteiger partial charge is 0.416 e. The van der Waals surface area contributed by atoms with Crippen molar-refractivity contribution in [3.8, 4) is 0 Å². The Labute approximate surface area is 157 Å².